The van der Waals surface area contributed by atoms with Crippen molar-refractivity contribution in [3.8, 4) is 0 Å². The predicted octanol–water partition coefficient (Wildman–Crippen LogP) is 3.94. The first-order chi connectivity index (χ1) is 6.49. The van der Waals surface area contributed by atoms with E-state index in [1.165, 1.54) is 0 Å². The molecule has 0 fully saturated rings. The van der Waals surface area contributed by atoms with Crippen molar-refractivity contribution in [1.29, 1.82) is 0 Å². The summed E-state index contributed by atoms with van der Waals surface area (Å²) >= 11 is 0. The summed E-state index contributed by atoms with van der Waals surface area (Å²) in [7, 11) is 0. The average molecular weight is 234 g/mol. The molecule has 88 valence electrons. The molecule has 0 aromatic rings. The van der Waals surface area contributed by atoms with Crippen molar-refractivity contribution >= 4 is 0 Å². The topological polar surface area (TPSA) is 9.23 Å². The maximum absolute atomic E-state index is 11.7. The normalized spacial score (nSPS) is 12.4. The Labute approximate surface area is 82.0 Å². The van der Waals surface area contributed by atoms with Crippen LogP contribution in [0, 0.1) is 0 Å². The molecule has 7 heteroatoms. The fourth-order valence-electron chi connectivity index (χ4n) is 0.723. The van der Waals surface area contributed by atoms with Crippen molar-refractivity contribution in [2.45, 2.75) is 25.2 Å². The molecule has 1 nitrogen and oxygen atoms in total. The number of allylic oxidation sites excluding steroid dienone is 2. The van der Waals surface area contributed by atoms with Gasteiger partial charge in [0.25, 0.3) is 0 Å². The highest BCUT2D eigenvalue weighted by Crippen LogP contribution is 2.28. The molecule has 0 amide bonds. The van der Waals surface area contributed by atoms with Crippen LogP contribution in [0.15, 0.2) is 24.7 Å². The second-order valence-corrected chi connectivity index (χ2v) is 2.76. The summed E-state index contributed by atoms with van der Waals surface area (Å²) < 4.78 is 74.4. The molecule has 0 spiro atoms. The van der Waals surface area contributed by atoms with E-state index in [0.29, 0.717) is 0 Å². The van der Waals surface area contributed by atoms with Gasteiger partial charge in [-0.15, -0.1) is 0 Å². The molecule has 0 unspecified atom stereocenters. The van der Waals surface area contributed by atoms with Gasteiger partial charge in [0.05, 0.1) is 0 Å². The van der Waals surface area contributed by atoms with Crippen LogP contribution in [-0.2, 0) is 4.74 Å². The molecule has 0 aliphatic carbocycles. The summed E-state index contributed by atoms with van der Waals surface area (Å²) in [5.41, 5.74) is 0. The Hall–Kier alpha value is -1.14. The predicted molar refractivity (Wildman–Crippen MR) is 40.7 cm³/mol. The van der Waals surface area contributed by atoms with Crippen LogP contribution < -0.4 is 0 Å². The first-order valence-electron chi connectivity index (χ1n) is 3.66. The lowest BCUT2D eigenvalue weighted by Crippen LogP contribution is -2.12. The molecule has 0 saturated heterocycles. The van der Waals surface area contributed by atoms with Gasteiger partial charge in [0, 0.05) is 0 Å². The molecule has 0 rings (SSSR count). The van der Waals surface area contributed by atoms with Crippen LogP contribution in [-0.4, -0.2) is 12.4 Å². The third-order valence-corrected chi connectivity index (χ3v) is 1.08. The maximum Gasteiger partial charge on any atom is 0.396 e. The number of hydrogen-bond acceptors (Lipinski definition) is 1. The summed E-state index contributed by atoms with van der Waals surface area (Å²) in [4.78, 5) is 0. The minimum atomic E-state index is -4.56. The smallest absolute Gasteiger partial charge is 0.396 e. The minimum Gasteiger partial charge on any atom is -0.467 e. The van der Waals surface area contributed by atoms with Gasteiger partial charge in [0.1, 0.15) is 24.4 Å². The Bertz CT molecular complexity index is 223. The van der Waals surface area contributed by atoms with Crippen LogP contribution in [0.3, 0.4) is 0 Å². The van der Waals surface area contributed by atoms with Crippen LogP contribution in [0.5, 0.6) is 0 Å². The van der Waals surface area contributed by atoms with E-state index in [2.05, 4.69) is 17.9 Å². The van der Waals surface area contributed by atoms with Crippen molar-refractivity contribution in [3.05, 3.63) is 24.7 Å². The van der Waals surface area contributed by atoms with E-state index in [9.17, 15) is 26.3 Å². The molecule has 0 N–H and O–H groups in total. The highest BCUT2D eigenvalue weighted by Gasteiger charge is 2.32. The lowest BCUT2D eigenvalue weighted by molar-refractivity contribution is -0.139. The van der Waals surface area contributed by atoms with Gasteiger partial charge in [-0.25, -0.2) is 0 Å². The van der Waals surface area contributed by atoms with Gasteiger partial charge in [-0.2, -0.15) is 26.3 Å². The van der Waals surface area contributed by atoms with Gasteiger partial charge < -0.3 is 4.74 Å². The SMILES string of the molecule is C=C(CC(F)(F)F)OC(=C)CC(F)(F)F. The minimum absolute atomic E-state index is 0.809. The first kappa shape index (κ1) is 13.9. The molecule has 0 saturated carbocycles. The Morgan fingerprint density at radius 3 is 1.27 bits per heavy atom. The van der Waals surface area contributed by atoms with E-state index < -0.39 is 36.7 Å². The number of rotatable bonds is 4. The summed E-state index contributed by atoms with van der Waals surface area (Å²) in [5.74, 6) is -1.62. The number of halogens is 6. The molecule has 0 aliphatic heterocycles. The fourth-order valence-corrected chi connectivity index (χ4v) is 0.723. The largest absolute Gasteiger partial charge is 0.467 e. The van der Waals surface area contributed by atoms with E-state index >= 15 is 0 Å². The molecule has 0 aromatic heterocycles. The molecular weight excluding hydrogens is 226 g/mol. The van der Waals surface area contributed by atoms with E-state index in [1.807, 2.05) is 0 Å². The summed E-state index contributed by atoms with van der Waals surface area (Å²) in [5, 5.41) is 0. The van der Waals surface area contributed by atoms with E-state index in [0.717, 1.165) is 0 Å². The Kier molecular flexibility index (Phi) is 4.24. The average Bonchev–Trinajstić information content (AvgIpc) is 1.73. The van der Waals surface area contributed by atoms with Gasteiger partial charge in [0.15, 0.2) is 0 Å². The Morgan fingerprint density at radius 1 is 0.800 bits per heavy atom. The second-order valence-electron chi connectivity index (χ2n) is 2.76. The van der Waals surface area contributed by atoms with E-state index in [4.69, 9.17) is 0 Å². The Balaban J connectivity index is 4.04. The molecule has 0 aromatic carbocycles. The molecule has 15 heavy (non-hydrogen) atoms. The van der Waals surface area contributed by atoms with Crippen LogP contribution in [0.25, 0.3) is 0 Å². The van der Waals surface area contributed by atoms with Crippen molar-refractivity contribution in [1.82, 2.24) is 0 Å². The zero-order chi connectivity index (χ0) is 12.3. The number of alkyl halides is 6. The Morgan fingerprint density at radius 2 is 1.07 bits per heavy atom. The van der Waals surface area contributed by atoms with Gasteiger partial charge in [-0.3, -0.25) is 0 Å². The molecular formula is C8H8F6O. The van der Waals surface area contributed by atoms with Crippen LogP contribution in [0.2, 0.25) is 0 Å². The summed E-state index contributed by atoms with van der Waals surface area (Å²) in [6.45, 7) is 5.68. The number of ether oxygens (including phenoxy) is 1. The lowest BCUT2D eigenvalue weighted by atomic mass is 10.3. The van der Waals surface area contributed by atoms with Crippen molar-refractivity contribution in [2.75, 3.05) is 0 Å². The van der Waals surface area contributed by atoms with E-state index in [-0.39, 0.29) is 0 Å². The van der Waals surface area contributed by atoms with Gasteiger partial charge in [-0.1, -0.05) is 13.2 Å². The van der Waals surface area contributed by atoms with Gasteiger partial charge in [0.2, 0.25) is 0 Å². The van der Waals surface area contributed by atoms with Crippen LogP contribution >= 0.6 is 0 Å². The molecule has 0 aliphatic rings. The summed E-state index contributed by atoms with van der Waals surface area (Å²) in [6, 6.07) is 0. The highest BCUT2D eigenvalue weighted by atomic mass is 19.4. The van der Waals surface area contributed by atoms with Crippen molar-refractivity contribution in [3.63, 3.8) is 0 Å². The van der Waals surface area contributed by atoms with Crippen LogP contribution in [0.1, 0.15) is 12.8 Å². The zero-order valence-corrected chi connectivity index (χ0v) is 7.50. The van der Waals surface area contributed by atoms with Crippen molar-refractivity contribution < 1.29 is 31.1 Å². The van der Waals surface area contributed by atoms with E-state index in [1.54, 1.807) is 0 Å². The lowest BCUT2D eigenvalue weighted by Gasteiger charge is -2.13. The molecule has 0 radical (unpaired) electrons. The standard InChI is InChI=1S/C8H8F6O/c1-5(3-7(9,10)11)15-6(2)4-8(12,13)14/h1-4H2. The van der Waals surface area contributed by atoms with Gasteiger partial charge >= 0.3 is 12.4 Å². The molecule has 0 atom stereocenters. The highest BCUT2D eigenvalue weighted by molar-refractivity contribution is 4.96. The second kappa shape index (κ2) is 4.59. The van der Waals surface area contributed by atoms with Crippen molar-refractivity contribution in [2.24, 2.45) is 0 Å². The fraction of sp³-hybridized carbons (Fsp3) is 0.500. The summed E-state index contributed by atoms with van der Waals surface area (Å²) in [6.07, 6.45) is -12.1. The molecule has 0 heterocycles. The van der Waals surface area contributed by atoms with Gasteiger partial charge in [-0.05, 0) is 0 Å². The zero-order valence-electron chi connectivity index (χ0n) is 7.50. The maximum atomic E-state index is 11.7. The van der Waals surface area contributed by atoms with Crippen LogP contribution in [0.4, 0.5) is 26.3 Å². The first-order valence-corrected chi connectivity index (χ1v) is 3.66. The monoisotopic (exact) mass is 234 g/mol. The third kappa shape index (κ3) is 9.17. The third-order valence-electron chi connectivity index (χ3n) is 1.08. The number of hydrogen-bond donors (Lipinski definition) is 0. The molecule has 0 bridgehead atoms. The quantitative estimate of drug-likeness (QED) is 0.528.